The highest BCUT2D eigenvalue weighted by Crippen LogP contribution is 2.45. The van der Waals surface area contributed by atoms with Crippen LogP contribution in [0, 0.1) is 5.92 Å². The maximum Gasteiger partial charge on any atom is 0.0837 e. The van der Waals surface area contributed by atoms with Crippen LogP contribution in [-0.2, 0) is 12.1 Å². The fraction of sp³-hybridized carbons (Fsp3) is 0.727. The molecule has 82 valence electrons. The molecule has 2 fully saturated rings. The van der Waals surface area contributed by atoms with Crippen molar-refractivity contribution in [3.8, 4) is 0 Å². The van der Waals surface area contributed by atoms with Crippen LogP contribution in [0.2, 0.25) is 5.02 Å². The second-order valence-corrected chi connectivity index (χ2v) is 5.38. The average Bonchev–Trinajstić information content (AvgIpc) is 2.74. The maximum atomic E-state index is 6.20. The van der Waals surface area contributed by atoms with E-state index in [1.165, 1.54) is 19.3 Å². The topological polar surface area (TPSA) is 43.8 Å². The molecule has 3 nitrogen and oxygen atoms in total. The summed E-state index contributed by atoms with van der Waals surface area (Å²) in [6.45, 7) is 1.00. The molecule has 2 aliphatic rings. The van der Waals surface area contributed by atoms with Gasteiger partial charge in [-0.1, -0.05) is 18.0 Å². The predicted molar refractivity (Wildman–Crippen MR) is 59.7 cm³/mol. The zero-order valence-electron chi connectivity index (χ0n) is 8.75. The summed E-state index contributed by atoms with van der Waals surface area (Å²) < 4.78 is 2.04. The molecule has 0 radical (unpaired) electrons. The molecule has 2 aliphatic carbocycles. The molecule has 0 aromatic carbocycles. The first-order valence-corrected chi connectivity index (χ1v) is 6.07. The Morgan fingerprint density at radius 2 is 2.27 bits per heavy atom. The second kappa shape index (κ2) is 3.22. The summed E-state index contributed by atoms with van der Waals surface area (Å²) in [5.74, 6) is 0.794. The third-order valence-corrected chi connectivity index (χ3v) is 3.99. The molecule has 0 bridgehead atoms. The average molecular weight is 226 g/mol. The van der Waals surface area contributed by atoms with Crippen molar-refractivity contribution >= 4 is 11.6 Å². The van der Waals surface area contributed by atoms with Gasteiger partial charge in [0, 0.05) is 6.54 Å². The lowest BCUT2D eigenvalue weighted by Crippen LogP contribution is -2.27. The molecule has 1 aromatic heterocycles. The van der Waals surface area contributed by atoms with Gasteiger partial charge in [-0.2, -0.15) is 5.10 Å². The van der Waals surface area contributed by atoms with Gasteiger partial charge in [0.05, 0.1) is 22.5 Å². The molecule has 0 saturated heterocycles. The highest BCUT2D eigenvalue weighted by molar-refractivity contribution is 6.31. The van der Waals surface area contributed by atoms with Crippen molar-refractivity contribution in [3.63, 3.8) is 0 Å². The summed E-state index contributed by atoms with van der Waals surface area (Å²) in [6.07, 6.45) is 7.85. The molecule has 1 aromatic rings. The lowest BCUT2D eigenvalue weighted by atomic mass is 9.85. The van der Waals surface area contributed by atoms with Gasteiger partial charge in [0.2, 0.25) is 0 Å². The molecule has 0 spiro atoms. The first-order valence-electron chi connectivity index (χ1n) is 5.70. The summed E-state index contributed by atoms with van der Waals surface area (Å²) in [5.41, 5.74) is 7.10. The molecule has 0 amide bonds. The van der Waals surface area contributed by atoms with Crippen molar-refractivity contribution in [2.24, 2.45) is 11.7 Å². The van der Waals surface area contributed by atoms with E-state index in [0.29, 0.717) is 0 Å². The van der Waals surface area contributed by atoms with Crippen molar-refractivity contribution in [1.29, 1.82) is 0 Å². The monoisotopic (exact) mass is 225 g/mol. The van der Waals surface area contributed by atoms with Gasteiger partial charge < -0.3 is 5.73 Å². The molecule has 0 aliphatic heterocycles. The van der Waals surface area contributed by atoms with Crippen LogP contribution in [0.5, 0.6) is 0 Å². The normalized spacial score (nSPS) is 23.9. The number of halogens is 1. The van der Waals surface area contributed by atoms with Crippen LogP contribution in [0.15, 0.2) is 6.20 Å². The summed E-state index contributed by atoms with van der Waals surface area (Å²) in [6, 6.07) is 0. The van der Waals surface area contributed by atoms with Crippen LogP contribution in [-0.4, -0.2) is 9.78 Å². The summed E-state index contributed by atoms with van der Waals surface area (Å²) >= 11 is 6.15. The van der Waals surface area contributed by atoms with Gasteiger partial charge in [-0.3, -0.25) is 4.68 Å². The van der Waals surface area contributed by atoms with Gasteiger partial charge in [-0.15, -0.1) is 0 Å². The summed E-state index contributed by atoms with van der Waals surface area (Å²) in [7, 11) is 0. The van der Waals surface area contributed by atoms with Gasteiger partial charge in [0.25, 0.3) is 0 Å². The van der Waals surface area contributed by atoms with E-state index in [0.717, 1.165) is 36.0 Å². The van der Waals surface area contributed by atoms with Crippen LogP contribution in [0.25, 0.3) is 0 Å². The first kappa shape index (κ1) is 9.67. The standard InChI is InChI=1S/C11H16ClN3/c12-9-6-14-15(7-8-2-1-3-8)10(9)11(13)4-5-11/h6,8H,1-5,7,13H2. The number of aromatic nitrogens is 2. The van der Waals surface area contributed by atoms with E-state index in [1.54, 1.807) is 6.20 Å². The lowest BCUT2D eigenvalue weighted by molar-refractivity contribution is 0.261. The number of hydrogen-bond acceptors (Lipinski definition) is 2. The van der Waals surface area contributed by atoms with Crippen molar-refractivity contribution in [2.45, 2.75) is 44.2 Å². The van der Waals surface area contributed by atoms with E-state index in [1.807, 2.05) is 4.68 Å². The van der Waals surface area contributed by atoms with Crippen molar-refractivity contribution in [3.05, 3.63) is 16.9 Å². The van der Waals surface area contributed by atoms with E-state index in [9.17, 15) is 0 Å². The van der Waals surface area contributed by atoms with Gasteiger partial charge in [0.15, 0.2) is 0 Å². The van der Waals surface area contributed by atoms with E-state index in [-0.39, 0.29) is 5.54 Å². The molecular weight excluding hydrogens is 210 g/mol. The largest absolute Gasteiger partial charge is 0.320 e. The van der Waals surface area contributed by atoms with Crippen LogP contribution in [0.4, 0.5) is 0 Å². The smallest absolute Gasteiger partial charge is 0.0837 e. The molecule has 0 unspecified atom stereocenters. The Morgan fingerprint density at radius 3 is 2.80 bits per heavy atom. The van der Waals surface area contributed by atoms with Crippen molar-refractivity contribution in [1.82, 2.24) is 9.78 Å². The Hall–Kier alpha value is -0.540. The quantitative estimate of drug-likeness (QED) is 0.858. The van der Waals surface area contributed by atoms with Crippen LogP contribution < -0.4 is 5.73 Å². The van der Waals surface area contributed by atoms with Gasteiger partial charge in [0.1, 0.15) is 0 Å². The lowest BCUT2D eigenvalue weighted by Gasteiger charge is -2.26. The van der Waals surface area contributed by atoms with Crippen LogP contribution >= 0.6 is 11.6 Å². The molecule has 4 heteroatoms. The number of nitrogens with two attached hydrogens (primary N) is 1. The third-order valence-electron chi connectivity index (χ3n) is 3.71. The molecule has 3 rings (SSSR count). The SMILES string of the molecule is NC1(c2c(Cl)cnn2CC2CCC2)CC1. The molecule has 2 saturated carbocycles. The van der Waals surface area contributed by atoms with Crippen molar-refractivity contribution in [2.75, 3.05) is 0 Å². The number of nitrogens with zero attached hydrogens (tertiary/aromatic N) is 2. The number of hydrogen-bond donors (Lipinski definition) is 1. The Balaban J connectivity index is 1.86. The Labute approximate surface area is 94.6 Å². The number of rotatable bonds is 3. The van der Waals surface area contributed by atoms with Gasteiger partial charge in [-0.05, 0) is 31.6 Å². The van der Waals surface area contributed by atoms with Crippen LogP contribution in [0.3, 0.4) is 0 Å². The Kier molecular flexibility index (Phi) is 2.08. The molecular formula is C11H16ClN3. The first-order chi connectivity index (χ1) is 7.19. The fourth-order valence-electron chi connectivity index (χ4n) is 2.29. The fourth-order valence-corrected chi connectivity index (χ4v) is 2.62. The predicted octanol–water partition coefficient (Wildman–Crippen LogP) is 2.28. The minimum absolute atomic E-state index is 0.169. The van der Waals surface area contributed by atoms with E-state index in [4.69, 9.17) is 17.3 Å². The minimum Gasteiger partial charge on any atom is -0.320 e. The molecule has 15 heavy (non-hydrogen) atoms. The van der Waals surface area contributed by atoms with Crippen molar-refractivity contribution < 1.29 is 0 Å². The van der Waals surface area contributed by atoms with Gasteiger partial charge in [-0.25, -0.2) is 0 Å². The zero-order chi connectivity index (χ0) is 10.5. The third kappa shape index (κ3) is 1.58. The molecule has 1 heterocycles. The second-order valence-electron chi connectivity index (χ2n) is 4.98. The Bertz CT molecular complexity index is 377. The van der Waals surface area contributed by atoms with Gasteiger partial charge >= 0.3 is 0 Å². The zero-order valence-corrected chi connectivity index (χ0v) is 9.50. The van der Waals surface area contributed by atoms with E-state index >= 15 is 0 Å². The summed E-state index contributed by atoms with van der Waals surface area (Å²) in [4.78, 5) is 0. The highest BCUT2D eigenvalue weighted by atomic mass is 35.5. The molecule has 0 atom stereocenters. The Morgan fingerprint density at radius 1 is 1.53 bits per heavy atom. The minimum atomic E-state index is -0.169. The van der Waals surface area contributed by atoms with Crippen LogP contribution in [0.1, 0.15) is 37.8 Å². The van der Waals surface area contributed by atoms with E-state index < -0.39 is 0 Å². The summed E-state index contributed by atoms with van der Waals surface area (Å²) in [5, 5.41) is 5.09. The van der Waals surface area contributed by atoms with E-state index in [2.05, 4.69) is 5.10 Å². The maximum absolute atomic E-state index is 6.20. The highest BCUT2D eigenvalue weighted by Gasteiger charge is 2.44. The molecule has 2 N–H and O–H groups in total.